The molecule has 3 rings (SSSR count). The van der Waals surface area contributed by atoms with E-state index in [4.69, 9.17) is 4.74 Å². The minimum Gasteiger partial charge on any atom is -0.478 e. The number of ether oxygens (including phenoxy) is 1. The third-order valence-corrected chi connectivity index (χ3v) is 4.30. The molecule has 2 aromatic rings. The summed E-state index contributed by atoms with van der Waals surface area (Å²) in [6.45, 7) is 7.18. The van der Waals surface area contributed by atoms with Crippen molar-refractivity contribution in [1.29, 1.82) is 0 Å². The molecule has 1 aliphatic heterocycles. The highest BCUT2D eigenvalue weighted by molar-refractivity contribution is 6.00. The smallest absolute Gasteiger partial charge is 0.266 e. The van der Waals surface area contributed by atoms with E-state index in [0.717, 1.165) is 29.9 Å². The lowest BCUT2D eigenvalue weighted by Crippen LogP contribution is -2.41. The van der Waals surface area contributed by atoms with Crippen LogP contribution >= 0.6 is 0 Å². The Bertz CT molecular complexity index is 828. The van der Waals surface area contributed by atoms with Crippen LogP contribution in [0.4, 0.5) is 5.69 Å². The van der Waals surface area contributed by atoms with Gasteiger partial charge in [0.2, 0.25) is 5.91 Å². The zero-order chi connectivity index (χ0) is 18.7. The molecule has 0 fully saturated rings. The number of aromatic nitrogens is 2. The van der Waals surface area contributed by atoms with Crippen molar-refractivity contribution in [3.8, 4) is 5.75 Å². The second kappa shape index (κ2) is 7.59. The minimum absolute atomic E-state index is 0.000937. The fraction of sp³-hybridized carbons (Fsp3) is 0.421. The molecule has 0 spiro atoms. The highest BCUT2D eigenvalue weighted by Gasteiger charge is 2.29. The summed E-state index contributed by atoms with van der Waals surface area (Å²) in [6.07, 6.45) is -0.0340. The second-order valence-electron chi connectivity index (χ2n) is 6.65. The van der Waals surface area contributed by atoms with Crippen LogP contribution in [-0.2, 0) is 16.1 Å². The van der Waals surface area contributed by atoms with Crippen molar-refractivity contribution < 1.29 is 14.3 Å². The number of anilines is 1. The molecule has 0 aliphatic carbocycles. The van der Waals surface area contributed by atoms with Crippen molar-refractivity contribution in [2.24, 2.45) is 0 Å². The topological polar surface area (TPSA) is 85.3 Å². The molecule has 1 aliphatic rings. The number of carbonyl (C=O) groups excluding carboxylic acids is 2. The summed E-state index contributed by atoms with van der Waals surface area (Å²) in [6, 6.07) is 7.59. The van der Waals surface area contributed by atoms with Gasteiger partial charge in [-0.2, -0.15) is 5.10 Å². The van der Waals surface area contributed by atoms with Gasteiger partial charge < -0.3 is 15.4 Å². The van der Waals surface area contributed by atoms with Crippen LogP contribution in [0.1, 0.15) is 29.8 Å². The van der Waals surface area contributed by atoms with Crippen LogP contribution in [0.3, 0.4) is 0 Å². The number of nitrogens with zero attached hydrogens (tertiary/aromatic N) is 2. The monoisotopic (exact) mass is 356 g/mol. The third-order valence-electron chi connectivity index (χ3n) is 4.30. The molecular weight excluding hydrogens is 332 g/mol. The van der Waals surface area contributed by atoms with Crippen LogP contribution in [0, 0.1) is 20.8 Å². The predicted octanol–water partition coefficient (Wildman–Crippen LogP) is 2.10. The molecule has 2 amide bonds. The van der Waals surface area contributed by atoms with Crippen LogP contribution in [-0.4, -0.2) is 34.2 Å². The van der Waals surface area contributed by atoms with Crippen molar-refractivity contribution in [2.45, 2.75) is 46.3 Å². The molecule has 0 saturated heterocycles. The molecular formula is C19H24N4O3. The quantitative estimate of drug-likeness (QED) is 0.776. The molecule has 1 unspecified atom stereocenters. The zero-order valence-electron chi connectivity index (χ0n) is 15.3. The maximum absolute atomic E-state index is 12.1. The Labute approximate surface area is 152 Å². The summed E-state index contributed by atoms with van der Waals surface area (Å²) < 4.78 is 7.61. The number of rotatable bonds is 6. The van der Waals surface area contributed by atoms with E-state index in [0.29, 0.717) is 18.0 Å². The number of carbonyl (C=O) groups is 2. The van der Waals surface area contributed by atoms with E-state index in [-0.39, 0.29) is 18.2 Å². The maximum Gasteiger partial charge on any atom is 0.266 e. The first-order valence-electron chi connectivity index (χ1n) is 8.78. The van der Waals surface area contributed by atoms with Gasteiger partial charge in [-0.25, -0.2) is 0 Å². The first kappa shape index (κ1) is 18.0. The number of benzene rings is 1. The largest absolute Gasteiger partial charge is 0.478 e. The van der Waals surface area contributed by atoms with Gasteiger partial charge in [-0.3, -0.25) is 14.3 Å². The maximum atomic E-state index is 12.1. The summed E-state index contributed by atoms with van der Waals surface area (Å²) in [5, 5.41) is 10.0. The average molecular weight is 356 g/mol. The number of nitrogens with one attached hydrogen (secondary N) is 2. The average Bonchev–Trinajstić information content (AvgIpc) is 2.90. The van der Waals surface area contributed by atoms with Crippen molar-refractivity contribution in [2.75, 3.05) is 11.9 Å². The van der Waals surface area contributed by atoms with Gasteiger partial charge in [0.25, 0.3) is 5.91 Å². The third kappa shape index (κ3) is 4.22. The van der Waals surface area contributed by atoms with Gasteiger partial charge >= 0.3 is 0 Å². The Hall–Kier alpha value is -2.83. The molecule has 7 heteroatoms. The normalized spacial score (nSPS) is 15.8. The van der Waals surface area contributed by atoms with E-state index in [1.54, 1.807) is 0 Å². The number of hydrogen-bond donors (Lipinski definition) is 2. The van der Waals surface area contributed by atoms with Crippen LogP contribution in [0.25, 0.3) is 0 Å². The first-order valence-corrected chi connectivity index (χ1v) is 8.78. The van der Waals surface area contributed by atoms with Crippen molar-refractivity contribution in [3.05, 3.63) is 41.2 Å². The number of aryl methyl sites for hydroxylation is 4. The Kier molecular flexibility index (Phi) is 5.25. The van der Waals surface area contributed by atoms with Gasteiger partial charge in [0.15, 0.2) is 6.10 Å². The number of hydrogen-bond acceptors (Lipinski definition) is 4. The fourth-order valence-electron chi connectivity index (χ4n) is 3.00. The van der Waals surface area contributed by atoms with Gasteiger partial charge in [-0.05, 0) is 51.0 Å². The van der Waals surface area contributed by atoms with Crippen molar-refractivity contribution >= 4 is 17.5 Å². The molecule has 1 aromatic carbocycles. The van der Waals surface area contributed by atoms with Gasteiger partial charge in [0.1, 0.15) is 5.75 Å². The Balaban J connectivity index is 1.45. The summed E-state index contributed by atoms with van der Waals surface area (Å²) >= 11 is 0. The van der Waals surface area contributed by atoms with Crippen molar-refractivity contribution in [1.82, 2.24) is 15.1 Å². The molecule has 1 aromatic heterocycles. The molecule has 2 N–H and O–H groups in total. The van der Waals surface area contributed by atoms with Crippen LogP contribution < -0.4 is 15.4 Å². The Morgan fingerprint density at radius 1 is 1.31 bits per heavy atom. The standard InChI is InChI=1S/C19H24N4O3/c1-12-5-6-16-15(9-12)21-19(25)17(26-16)11-18(24)20-7-4-8-23-14(3)10-13(2)22-23/h5-6,9-10,17H,4,7-8,11H2,1-3H3,(H,20,24)(H,21,25). The SMILES string of the molecule is Cc1ccc2c(c1)NC(=O)C(CC(=O)NCCCn1nc(C)cc1C)O2. The summed E-state index contributed by atoms with van der Waals surface area (Å²) in [4.78, 5) is 24.2. The molecule has 7 nitrogen and oxygen atoms in total. The van der Waals surface area contributed by atoms with E-state index < -0.39 is 6.10 Å². The van der Waals surface area contributed by atoms with E-state index >= 15 is 0 Å². The van der Waals surface area contributed by atoms with Gasteiger partial charge in [-0.15, -0.1) is 0 Å². The highest BCUT2D eigenvalue weighted by atomic mass is 16.5. The zero-order valence-corrected chi connectivity index (χ0v) is 15.3. The molecule has 1 atom stereocenters. The predicted molar refractivity (Wildman–Crippen MR) is 98.2 cm³/mol. The summed E-state index contributed by atoms with van der Waals surface area (Å²) in [7, 11) is 0. The lowest BCUT2D eigenvalue weighted by molar-refractivity contribution is -0.130. The highest BCUT2D eigenvalue weighted by Crippen LogP contribution is 2.30. The summed E-state index contributed by atoms with van der Waals surface area (Å²) in [5.74, 6) is 0.104. The van der Waals surface area contributed by atoms with Crippen LogP contribution in [0.5, 0.6) is 5.75 Å². The Morgan fingerprint density at radius 3 is 2.85 bits per heavy atom. The molecule has 0 saturated carbocycles. The van der Waals surface area contributed by atoms with E-state index in [9.17, 15) is 9.59 Å². The molecule has 0 radical (unpaired) electrons. The lowest BCUT2D eigenvalue weighted by Gasteiger charge is -2.25. The van der Waals surface area contributed by atoms with E-state index in [1.807, 2.05) is 49.7 Å². The molecule has 2 heterocycles. The lowest BCUT2D eigenvalue weighted by atomic mass is 10.1. The fourth-order valence-corrected chi connectivity index (χ4v) is 3.00. The molecule has 26 heavy (non-hydrogen) atoms. The Morgan fingerprint density at radius 2 is 2.12 bits per heavy atom. The first-order chi connectivity index (χ1) is 12.4. The van der Waals surface area contributed by atoms with Gasteiger partial charge in [0.05, 0.1) is 17.8 Å². The van der Waals surface area contributed by atoms with Gasteiger partial charge in [0, 0.05) is 18.8 Å². The van der Waals surface area contributed by atoms with Crippen molar-refractivity contribution in [3.63, 3.8) is 0 Å². The molecule has 138 valence electrons. The summed E-state index contributed by atoms with van der Waals surface area (Å²) in [5.41, 5.74) is 3.78. The van der Waals surface area contributed by atoms with E-state index in [2.05, 4.69) is 15.7 Å². The van der Waals surface area contributed by atoms with Gasteiger partial charge in [-0.1, -0.05) is 6.07 Å². The van der Waals surface area contributed by atoms with E-state index in [1.165, 1.54) is 0 Å². The van der Waals surface area contributed by atoms with Crippen LogP contribution in [0.15, 0.2) is 24.3 Å². The number of amides is 2. The minimum atomic E-state index is -0.804. The number of fused-ring (bicyclic) bond motifs is 1. The van der Waals surface area contributed by atoms with Crippen LogP contribution in [0.2, 0.25) is 0 Å². The molecule has 0 bridgehead atoms. The second-order valence-corrected chi connectivity index (χ2v) is 6.65.